The van der Waals surface area contributed by atoms with Crippen LogP contribution in [0.2, 0.25) is 0 Å². The SMILES string of the molecule is Cc1cc(NC(=O)c2ccc(OCC3CCCO3)c(Br)c2)ccc1NC(=O)c1ccccc1. The minimum atomic E-state index is -0.234. The lowest BCUT2D eigenvalue weighted by Crippen LogP contribution is -2.17. The molecular formula is C26H25BrN2O4. The molecule has 0 saturated carbocycles. The number of carbonyl (C=O) groups is 2. The molecule has 1 saturated heterocycles. The predicted octanol–water partition coefficient (Wildman–Crippen LogP) is 5.82. The number of carbonyl (C=O) groups excluding carboxylic acids is 2. The summed E-state index contributed by atoms with van der Waals surface area (Å²) in [6.45, 7) is 3.16. The summed E-state index contributed by atoms with van der Waals surface area (Å²) in [6, 6.07) is 19.6. The van der Waals surface area contributed by atoms with E-state index in [1.54, 1.807) is 42.5 Å². The highest BCUT2D eigenvalue weighted by Gasteiger charge is 2.17. The number of benzene rings is 3. The predicted molar refractivity (Wildman–Crippen MR) is 132 cm³/mol. The zero-order chi connectivity index (χ0) is 23.2. The van der Waals surface area contributed by atoms with Crippen LogP contribution in [0.25, 0.3) is 0 Å². The van der Waals surface area contributed by atoms with E-state index in [0.29, 0.717) is 39.3 Å². The molecule has 1 aliphatic rings. The summed E-state index contributed by atoms with van der Waals surface area (Å²) < 4.78 is 12.1. The molecule has 1 atom stereocenters. The molecule has 0 radical (unpaired) electrons. The van der Waals surface area contributed by atoms with Gasteiger partial charge in [-0.15, -0.1) is 0 Å². The molecular weight excluding hydrogens is 484 g/mol. The molecule has 3 aromatic rings. The first-order valence-corrected chi connectivity index (χ1v) is 11.6. The van der Waals surface area contributed by atoms with Gasteiger partial charge in [0, 0.05) is 29.1 Å². The van der Waals surface area contributed by atoms with Crippen LogP contribution in [0.5, 0.6) is 5.75 Å². The van der Waals surface area contributed by atoms with Crippen molar-refractivity contribution >= 4 is 39.1 Å². The zero-order valence-electron chi connectivity index (χ0n) is 18.3. The van der Waals surface area contributed by atoms with Crippen LogP contribution in [0.4, 0.5) is 11.4 Å². The number of rotatable bonds is 7. The number of amides is 2. The quantitative estimate of drug-likeness (QED) is 0.421. The minimum absolute atomic E-state index is 0.128. The maximum absolute atomic E-state index is 12.7. The summed E-state index contributed by atoms with van der Waals surface area (Å²) in [5, 5.41) is 5.81. The molecule has 1 aliphatic heterocycles. The Bertz CT molecular complexity index is 1140. The molecule has 33 heavy (non-hydrogen) atoms. The Labute approximate surface area is 201 Å². The molecule has 1 heterocycles. The highest BCUT2D eigenvalue weighted by Crippen LogP contribution is 2.28. The lowest BCUT2D eigenvalue weighted by molar-refractivity contribution is 0.0677. The molecule has 7 heteroatoms. The molecule has 0 bridgehead atoms. The summed E-state index contributed by atoms with van der Waals surface area (Å²) in [4.78, 5) is 25.1. The summed E-state index contributed by atoms with van der Waals surface area (Å²) in [5.41, 5.74) is 3.27. The Morgan fingerprint density at radius 3 is 2.48 bits per heavy atom. The van der Waals surface area contributed by atoms with E-state index in [4.69, 9.17) is 9.47 Å². The van der Waals surface area contributed by atoms with Crippen LogP contribution in [0.1, 0.15) is 39.1 Å². The number of aryl methyl sites for hydroxylation is 1. The van der Waals surface area contributed by atoms with Gasteiger partial charge in [-0.1, -0.05) is 18.2 Å². The smallest absolute Gasteiger partial charge is 0.255 e. The van der Waals surface area contributed by atoms with E-state index in [2.05, 4.69) is 26.6 Å². The van der Waals surface area contributed by atoms with Gasteiger partial charge in [-0.05, 0) is 89.8 Å². The van der Waals surface area contributed by atoms with Crippen LogP contribution in [-0.4, -0.2) is 31.1 Å². The van der Waals surface area contributed by atoms with Gasteiger partial charge in [-0.3, -0.25) is 9.59 Å². The van der Waals surface area contributed by atoms with Gasteiger partial charge in [-0.2, -0.15) is 0 Å². The summed E-state index contributed by atoms with van der Waals surface area (Å²) >= 11 is 3.49. The van der Waals surface area contributed by atoms with Crippen molar-refractivity contribution < 1.29 is 19.1 Å². The second kappa shape index (κ2) is 10.6. The molecule has 2 amide bonds. The fourth-order valence-corrected chi connectivity index (χ4v) is 4.08. The average molecular weight is 509 g/mol. The maximum atomic E-state index is 12.7. The van der Waals surface area contributed by atoms with Crippen molar-refractivity contribution in [3.05, 3.63) is 87.9 Å². The molecule has 2 N–H and O–H groups in total. The first kappa shape index (κ1) is 23.0. The van der Waals surface area contributed by atoms with Gasteiger partial charge in [0.15, 0.2) is 0 Å². The van der Waals surface area contributed by atoms with Crippen molar-refractivity contribution in [1.29, 1.82) is 0 Å². The van der Waals surface area contributed by atoms with Crippen molar-refractivity contribution in [1.82, 2.24) is 0 Å². The molecule has 0 aromatic heterocycles. The number of anilines is 2. The first-order valence-electron chi connectivity index (χ1n) is 10.8. The van der Waals surface area contributed by atoms with Crippen LogP contribution in [0.15, 0.2) is 71.2 Å². The van der Waals surface area contributed by atoms with E-state index in [1.165, 1.54) is 0 Å². The van der Waals surface area contributed by atoms with Crippen molar-refractivity contribution in [2.75, 3.05) is 23.8 Å². The van der Waals surface area contributed by atoms with Crippen molar-refractivity contribution in [3.8, 4) is 5.75 Å². The number of nitrogens with one attached hydrogen (secondary N) is 2. The van der Waals surface area contributed by atoms with E-state index in [9.17, 15) is 9.59 Å². The molecule has 0 aliphatic carbocycles. The number of hydrogen-bond donors (Lipinski definition) is 2. The molecule has 4 rings (SSSR count). The Morgan fingerprint density at radius 1 is 1.00 bits per heavy atom. The second-order valence-corrected chi connectivity index (χ2v) is 8.75. The highest BCUT2D eigenvalue weighted by atomic mass is 79.9. The lowest BCUT2D eigenvalue weighted by atomic mass is 10.1. The molecule has 3 aromatic carbocycles. The van der Waals surface area contributed by atoms with Crippen molar-refractivity contribution in [2.24, 2.45) is 0 Å². The van der Waals surface area contributed by atoms with Crippen LogP contribution in [0.3, 0.4) is 0 Å². The first-order chi connectivity index (χ1) is 16.0. The van der Waals surface area contributed by atoms with Gasteiger partial charge in [-0.25, -0.2) is 0 Å². The molecule has 1 fully saturated rings. The van der Waals surface area contributed by atoms with Crippen LogP contribution in [0, 0.1) is 6.92 Å². The van der Waals surface area contributed by atoms with Crippen molar-refractivity contribution in [3.63, 3.8) is 0 Å². The zero-order valence-corrected chi connectivity index (χ0v) is 19.9. The third kappa shape index (κ3) is 6.00. The van der Waals surface area contributed by atoms with E-state index < -0.39 is 0 Å². The average Bonchev–Trinajstić information content (AvgIpc) is 3.34. The normalized spacial score (nSPS) is 15.2. The molecule has 1 unspecified atom stereocenters. The van der Waals surface area contributed by atoms with Crippen molar-refractivity contribution in [2.45, 2.75) is 25.9 Å². The Balaban J connectivity index is 1.37. The summed E-state index contributed by atoms with van der Waals surface area (Å²) in [6.07, 6.45) is 2.20. The van der Waals surface area contributed by atoms with Crippen LogP contribution in [-0.2, 0) is 4.74 Å². The van der Waals surface area contributed by atoms with Gasteiger partial charge in [0.1, 0.15) is 12.4 Å². The summed E-state index contributed by atoms with van der Waals surface area (Å²) in [5.74, 6) is 0.264. The third-order valence-electron chi connectivity index (χ3n) is 5.41. The topological polar surface area (TPSA) is 76.7 Å². The molecule has 170 valence electrons. The molecule has 0 spiro atoms. The lowest BCUT2D eigenvalue weighted by Gasteiger charge is -2.14. The van der Waals surface area contributed by atoms with Crippen LogP contribution >= 0.6 is 15.9 Å². The summed E-state index contributed by atoms with van der Waals surface area (Å²) in [7, 11) is 0. The highest BCUT2D eigenvalue weighted by molar-refractivity contribution is 9.10. The Kier molecular flexibility index (Phi) is 7.42. The Hall–Kier alpha value is -3.16. The van der Waals surface area contributed by atoms with Gasteiger partial charge >= 0.3 is 0 Å². The van der Waals surface area contributed by atoms with Gasteiger partial charge < -0.3 is 20.1 Å². The standard InChI is InChI=1S/C26H25BrN2O4/c1-17-14-20(10-11-23(17)29-25(30)18-6-3-2-4-7-18)28-26(31)19-9-12-24(22(27)15-19)33-16-21-8-5-13-32-21/h2-4,6-7,9-12,14-15,21H,5,8,13,16H2,1H3,(H,28,31)(H,29,30). The van der Waals surface area contributed by atoms with Gasteiger partial charge in [0.2, 0.25) is 0 Å². The fraction of sp³-hybridized carbons (Fsp3) is 0.231. The largest absolute Gasteiger partial charge is 0.490 e. The van der Waals surface area contributed by atoms with Crippen LogP contribution < -0.4 is 15.4 Å². The van der Waals surface area contributed by atoms with E-state index in [0.717, 1.165) is 25.0 Å². The van der Waals surface area contributed by atoms with E-state index in [1.807, 2.05) is 31.2 Å². The minimum Gasteiger partial charge on any atom is -0.490 e. The number of ether oxygens (including phenoxy) is 2. The maximum Gasteiger partial charge on any atom is 0.255 e. The second-order valence-electron chi connectivity index (χ2n) is 7.90. The third-order valence-corrected chi connectivity index (χ3v) is 6.03. The molecule has 6 nitrogen and oxygen atoms in total. The number of hydrogen-bond acceptors (Lipinski definition) is 4. The van der Waals surface area contributed by atoms with Gasteiger partial charge in [0.05, 0.1) is 10.6 Å². The van der Waals surface area contributed by atoms with E-state index >= 15 is 0 Å². The number of halogens is 1. The fourth-order valence-electron chi connectivity index (χ4n) is 3.59. The van der Waals surface area contributed by atoms with E-state index in [-0.39, 0.29) is 17.9 Å². The Morgan fingerprint density at radius 2 is 1.79 bits per heavy atom. The monoisotopic (exact) mass is 508 g/mol. The van der Waals surface area contributed by atoms with Gasteiger partial charge in [0.25, 0.3) is 11.8 Å².